The number of benzene rings is 1. The molecule has 3 fully saturated rings. The maximum absolute atomic E-state index is 15.0. The Morgan fingerprint density at radius 2 is 2.00 bits per heavy atom. The van der Waals surface area contributed by atoms with Crippen molar-refractivity contribution in [3.8, 4) is 6.01 Å². The van der Waals surface area contributed by atoms with Crippen LogP contribution in [0.2, 0.25) is 0 Å². The molecule has 5 rings (SSSR count). The van der Waals surface area contributed by atoms with Gasteiger partial charge in [0.25, 0.3) is 0 Å². The van der Waals surface area contributed by atoms with Gasteiger partial charge in [-0.25, -0.2) is 9.18 Å². The molecule has 3 saturated heterocycles. The van der Waals surface area contributed by atoms with E-state index in [2.05, 4.69) is 42.7 Å². The molecule has 0 radical (unpaired) electrons. The van der Waals surface area contributed by atoms with Gasteiger partial charge in [0.15, 0.2) is 5.82 Å². The molecule has 0 saturated carbocycles. The Labute approximate surface area is 188 Å². The van der Waals surface area contributed by atoms with Crippen molar-refractivity contribution in [2.24, 2.45) is 0 Å². The van der Waals surface area contributed by atoms with Gasteiger partial charge in [0.05, 0.1) is 16.6 Å². The Morgan fingerprint density at radius 1 is 1.26 bits per heavy atom. The van der Waals surface area contributed by atoms with Crippen LogP contribution in [0.15, 0.2) is 16.6 Å². The average Bonchev–Trinajstić information content (AvgIpc) is 3.28. The second-order valence-electron chi connectivity index (χ2n) is 8.65. The minimum Gasteiger partial charge on any atom is -0.465 e. The lowest BCUT2D eigenvalue weighted by atomic mass is 10.1. The van der Waals surface area contributed by atoms with E-state index in [9.17, 15) is 14.3 Å². The van der Waals surface area contributed by atoms with Crippen LogP contribution in [0.3, 0.4) is 0 Å². The smallest absolute Gasteiger partial charge is 0.407 e. The van der Waals surface area contributed by atoms with E-state index in [1.165, 1.54) is 0 Å². The summed E-state index contributed by atoms with van der Waals surface area (Å²) in [4.78, 5) is 26.6. The van der Waals surface area contributed by atoms with Crippen molar-refractivity contribution < 1.29 is 19.0 Å². The van der Waals surface area contributed by atoms with Gasteiger partial charge in [0.1, 0.15) is 17.9 Å². The molecule has 1 aromatic carbocycles. The molecule has 1 amide bonds. The molecule has 3 atom stereocenters. The number of carbonyl (C=O) groups is 1. The van der Waals surface area contributed by atoms with Crippen molar-refractivity contribution in [2.45, 2.75) is 43.8 Å². The molecule has 2 aromatic rings. The van der Waals surface area contributed by atoms with Crippen molar-refractivity contribution in [2.75, 3.05) is 38.2 Å². The van der Waals surface area contributed by atoms with E-state index in [4.69, 9.17) is 4.74 Å². The van der Waals surface area contributed by atoms with E-state index in [1.54, 1.807) is 17.0 Å². The molecule has 2 bridgehead atoms. The highest BCUT2D eigenvalue weighted by molar-refractivity contribution is 9.10. The predicted octanol–water partition coefficient (Wildman–Crippen LogP) is 3.34. The molecule has 3 aliphatic heterocycles. The Kier molecular flexibility index (Phi) is 5.37. The first-order valence-corrected chi connectivity index (χ1v) is 11.5. The average molecular weight is 494 g/mol. The van der Waals surface area contributed by atoms with Gasteiger partial charge in [-0.3, -0.25) is 4.90 Å². The van der Waals surface area contributed by atoms with Crippen LogP contribution >= 0.6 is 15.9 Å². The highest BCUT2D eigenvalue weighted by Crippen LogP contribution is 2.36. The molecule has 10 heteroatoms. The fraction of sp³-hybridized carbons (Fsp3) is 0.571. The summed E-state index contributed by atoms with van der Waals surface area (Å²) in [5, 5.41) is 10.2. The second-order valence-corrected chi connectivity index (χ2v) is 9.51. The number of hydrogen-bond acceptors (Lipinski definition) is 6. The number of anilines is 1. The quantitative estimate of drug-likeness (QED) is 0.699. The summed E-state index contributed by atoms with van der Waals surface area (Å²) in [5.74, 6) is 0.157. The largest absolute Gasteiger partial charge is 0.465 e. The summed E-state index contributed by atoms with van der Waals surface area (Å²) in [6, 6.07) is 3.74. The third kappa shape index (κ3) is 3.69. The van der Waals surface area contributed by atoms with E-state index >= 15 is 0 Å². The Morgan fingerprint density at radius 3 is 2.65 bits per heavy atom. The summed E-state index contributed by atoms with van der Waals surface area (Å²) >= 11 is 3.25. The Balaban J connectivity index is 1.49. The monoisotopic (exact) mass is 493 g/mol. The lowest BCUT2D eigenvalue weighted by Gasteiger charge is -2.40. The maximum atomic E-state index is 15.0. The summed E-state index contributed by atoms with van der Waals surface area (Å²) in [5.41, 5.74) is 0.210. The molecule has 31 heavy (non-hydrogen) atoms. The molecular weight excluding hydrogens is 469 g/mol. The number of likely N-dealkylation sites (N-methyl/N-ethyl adjacent to an activating group) is 1. The Hall–Kier alpha value is -2.20. The molecule has 8 nitrogen and oxygen atoms in total. The van der Waals surface area contributed by atoms with E-state index in [0.29, 0.717) is 41.4 Å². The summed E-state index contributed by atoms with van der Waals surface area (Å²) in [6.07, 6.45) is 2.96. The molecule has 0 spiro atoms. The number of ether oxygens (including phenoxy) is 1. The van der Waals surface area contributed by atoms with Crippen molar-refractivity contribution in [1.82, 2.24) is 19.8 Å². The van der Waals surface area contributed by atoms with E-state index in [0.717, 1.165) is 32.2 Å². The number of likely N-dealkylation sites (tertiary alicyclic amines) is 1. The van der Waals surface area contributed by atoms with Gasteiger partial charge in [-0.15, -0.1) is 0 Å². The normalized spacial score (nSPS) is 26.1. The predicted molar refractivity (Wildman–Crippen MR) is 117 cm³/mol. The maximum Gasteiger partial charge on any atom is 0.407 e. The number of amides is 1. The van der Waals surface area contributed by atoms with Crippen LogP contribution in [-0.2, 0) is 0 Å². The van der Waals surface area contributed by atoms with Crippen LogP contribution in [0.25, 0.3) is 10.9 Å². The van der Waals surface area contributed by atoms with Crippen LogP contribution in [0, 0.1) is 5.82 Å². The molecule has 4 heterocycles. The van der Waals surface area contributed by atoms with Crippen molar-refractivity contribution in [3.63, 3.8) is 0 Å². The van der Waals surface area contributed by atoms with Gasteiger partial charge in [-0.05, 0) is 67.3 Å². The van der Waals surface area contributed by atoms with Gasteiger partial charge < -0.3 is 19.6 Å². The topological polar surface area (TPSA) is 82.0 Å². The van der Waals surface area contributed by atoms with Gasteiger partial charge >= 0.3 is 12.1 Å². The Bertz CT molecular complexity index is 1010. The lowest BCUT2D eigenvalue weighted by molar-refractivity contribution is 0.114. The second kappa shape index (κ2) is 8.05. The first kappa shape index (κ1) is 20.7. The van der Waals surface area contributed by atoms with Crippen LogP contribution < -0.4 is 9.64 Å². The zero-order chi connectivity index (χ0) is 21.7. The number of aromatic nitrogens is 2. The highest BCUT2D eigenvalue weighted by Gasteiger charge is 2.43. The molecule has 1 aromatic heterocycles. The third-order valence-electron chi connectivity index (χ3n) is 6.80. The number of halogens is 2. The third-order valence-corrected chi connectivity index (χ3v) is 7.41. The number of nitrogens with zero attached hydrogens (tertiary/aromatic N) is 5. The molecule has 166 valence electrons. The number of carboxylic acid groups (broad SMARTS) is 1. The van der Waals surface area contributed by atoms with Gasteiger partial charge in [0.2, 0.25) is 0 Å². The molecule has 0 unspecified atom stereocenters. The van der Waals surface area contributed by atoms with Gasteiger partial charge in [0, 0.05) is 24.5 Å². The number of rotatable bonds is 4. The summed E-state index contributed by atoms with van der Waals surface area (Å²) < 4.78 is 21.2. The molecule has 1 N–H and O–H groups in total. The zero-order valence-corrected chi connectivity index (χ0v) is 18.9. The first-order valence-electron chi connectivity index (χ1n) is 10.7. The van der Waals surface area contributed by atoms with E-state index < -0.39 is 11.9 Å². The standard InChI is InChI=1S/C21H25BrFN5O3/c1-26-8-2-3-14(26)11-31-20-24-18-15(6-7-16(22)17(18)23)19(25-20)27-9-12-4-5-13(10-27)28(12)21(29)30/h6-7,12-14H,2-5,8-11H2,1H3,(H,29,30)/t12-,13-,14-/m0/s1. The highest BCUT2D eigenvalue weighted by atomic mass is 79.9. The fourth-order valence-electron chi connectivity index (χ4n) is 5.16. The van der Waals surface area contributed by atoms with Crippen molar-refractivity contribution in [1.29, 1.82) is 0 Å². The van der Waals surface area contributed by atoms with E-state index in [1.807, 2.05) is 0 Å². The minimum absolute atomic E-state index is 0.0851. The molecule has 0 aliphatic carbocycles. The van der Waals surface area contributed by atoms with Gasteiger partial charge in [-0.2, -0.15) is 9.97 Å². The van der Waals surface area contributed by atoms with Crippen molar-refractivity contribution in [3.05, 3.63) is 22.4 Å². The molecular formula is C21H25BrFN5O3. The van der Waals surface area contributed by atoms with Crippen LogP contribution in [0.5, 0.6) is 6.01 Å². The fourth-order valence-corrected chi connectivity index (χ4v) is 5.48. The van der Waals surface area contributed by atoms with Crippen molar-refractivity contribution >= 4 is 38.7 Å². The number of hydrogen-bond donors (Lipinski definition) is 1. The lowest BCUT2D eigenvalue weighted by Crippen LogP contribution is -2.55. The minimum atomic E-state index is -0.876. The zero-order valence-electron chi connectivity index (χ0n) is 17.3. The summed E-state index contributed by atoms with van der Waals surface area (Å²) in [6.45, 7) is 2.54. The molecule has 3 aliphatic rings. The van der Waals surface area contributed by atoms with Gasteiger partial charge in [-0.1, -0.05) is 0 Å². The van der Waals surface area contributed by atoms with Crippen LogP contribution in [0.1, 0.15) is 25.7 Å². The SMILES string of the molecule is CN1CCC[C@H]1COc1nc(N2C[C@@H]3CC[C@@H](C2)N3C(=O)O)c2ccc(Br)c(F)c2n1. The van der Waals surface area contributed by atoms with Crippen LogP contribution in [-0.4, -0.2) is 82.4 Å². The summed E-state index contributed by atoms with van der Waals surface area (Å²) in [7, 11) is 2.07. The van der Waals surface area contributed by atoms with Crippen LogP contribution in [0.4, 0.5) is 15.0 Å². The first-order chi connectivity index (χ1) is 14.9. The number of fused-ring (bicyclic) bond motifs is 3. The number of piperazine rings is 1. The van der Waals surface area contributed by atoms with E-state index in [-0.39, 0.29) is 23.6 Å².